The van der Waals surface area contributed by atoms with E-state index in [2.05, 4.69) is 21.0 Å². The number of nitrogens with zero attached hydrogens (tertiary/aromatic N) is 2. The normalized spacial score (nSPS) is 10.3. The largest absolute Gasteiger partial charge is 0.481 e. The van der Waals surface area contributed by atoms with Crippen LogP contribution < -0.4 is 0 Å². The van der Waals surface area contributed by atoms with Gasteiger partial charge in [-0.3, -0.25) is 4.79 Å². The van der Waals surface area contributed by atoms with Crippen LogP contribution >= 0.6 is 15.9 Å². The van der Waals surface area contributed by atoms with Crippen LogP contribution in [0.25, 0.3) is 5.69 Å². The molecule has 1 aromatic carbocycles. The van der Waals surface area contributed by atoms with E-state index in [0.29, 0.717) is 0 Å². The number of aliphatic carboxylic acids is 1. The third-order valence-corrected chi connectivity index (χ3v) is 2.75. The summed E-state index contributed by atoms with van der Waals surface area (Å²) in [5.41, 5.74) is 1.65. The highest BCUT2D eigenvalue weighted by atomic mass is 79.9. The van der Waals surface area contributed by atoms with E-state index in [1.54, 1.807) is 23.0 Å². The van der Waals surface area contributed by atoms with Crippen molar-refractivity contribution in [2.75, 3.05) is 0 Å². The summed E-state index contributed by atoms with van der Waals surface area (Å²) >= 11 is 3.40. The molecule has 5 heteroatoms. The molecular weight excluding hydrogens is 272 g/mol. The van der Waals surface area contributed by atoms with Crippen LogP contribution in [0.5, 0.6) is 0 Å². The zero-order valence-corrected chi connectivity index (χ0v) is 9.89. The van der Waals surface area contributed by atoms with Gasteiger partial charge in [0.1, 0.15) is 0 Å². The second kappa shape index (κ2) is 4.49. The summed E-state index contributed by atoms with van der Waals surface area (Å²) in [5, 5.41) is 12.8. The molecular formula is C11H9BrN2O2. The van der Waals surface area contributed by atoms with Crippen molar-refractivity contribution in [2.45, 2.75) is 6.42 Å². The molecule has 1 N–H and O–H groups in total. The molecule has 2 aromatic rings. The lowest BCUT2D eigenvalue weighted by Gasteiger charge is -2.06. The predicted octanol–water partition coefficient (Wildman–Crippen LogP) is 2.26. The van der Waals surface area contributed by atoms with Gasteiger partial charge in [-0.25, -0.2) is 4.68 Å². The number of carbonyl (C=O) groups is 1. The monoisotopic (exact) mass is 280 g/mol. The fourth-order valence-corrected chi connectivity index (χ4v) is 2.04. The van der Waals surface area contributed by atoms with Crippen LogP contribution in [-0.4, -0.2) is 20.9 Å². The SMILES string of the molecule is O=C(O)Cc1ccc(-n2cccn2)c(Br)c1. The number of hydrogen-bond donors (Lipinski definition) is 1. The first-order chi connectivity index (χ1) is 7.66. The van der Waals surface area contributed by atoms with Gasteiger partial charge in [-0.1, -0.05) is 6.07 Å². The number of aromatic nitrogens is 2. The molecule has 0 unspecified atom stereocenters. The Labute approximate surface area is 101 Å². The second-order valence-corrected chi connectivity index (χ2v) is 4.16. The Hall–Kier alpha value is -1.62. The molecule has 1 aromatic heterocycles. The van der Waals surface area contributed by atoms with Crippen LogP contribution in [0.2, 0.25) is 0 Å². The maximum Gasteiger partial charge on any atom is 0.307 e. The van der Waals surface area contributed by atoms with Crippen LogP contribution in [0, 0.1) is 0 Å². The summed E-state index contributed by atoms with van der Waals surface area (Å²) in [7, 11) is 0. The summed E-state index contributed by atoms with van der Waals surface area (Å²) in [5.74, 6) is -0.835. The second-order valence-electron chi connectivity index (χ2n) is 3.31. The minimum atomic E-state index is -0.835. The van der Waals surface area contributed by atoms with E-state index in [0.717, 1.165) is 15.7 Å². The lowest BCUT2D eigenvalue weighted by atomic mass is 10.1. The van der Waals surface area contributed by atoms with E-state index in [9.17, 15) is 4.79 Å². The van der Waals surface area contributed by atoms with Crippen molar-refractivity contribution in [3.8, 4) is 5.69 Å². The Balaban J connectivity index is 2.34. The maximum atomic E-state index is 10.6. The van der Waals surface area contributed by atoms with E-state index in [4.69, 9.17) is 5.11 Å². The first-order valence-corrected chi connectivity index (χ1v) is 5.46. The minimum Gasteiger partial charge on any atom is -0.481 e. The summed E-state index contributed by atoms with van der Waals surface area (Å²) in [6.45, 7) is 0. The van der Waals surface area contributed by atoms with Gasteiger partial charge < -0.3 is 5.11 Å². The molecule has 0 saturated carbocycles. The summed E-state index contributed by atoms with van der Waals surface area (Å²) in [6, 6.07) is 7.26. The molecule has 0 aliphatic heterocycles. The molecule has 0 bridgehead atoms. The van der Waals surface area contributed by atoms with Gasteiger partial charge in [0, 0.05) is 16.9 Å². The summed E-state index contributed by atoms with van der Waals surface area (Å²) in [6.07, 6.45) is 3.55. The van der Waals surface area contributed by atoms with Crippen molar-refractivity contribution in [2.24, 2.45) is 0 Å². The third kappa shape index (κ3) is 2.30. The van der Waals surface area contributed by atoms with Crippen LogP contribution in [-0.2, 0) is 11.2 Å². The lowest BCUT2D eigenvalue weighted by Crippen LogP contribution is -2.01. The molecule has 1 heterocycles. The smallest absolute Gasteiger partial charge is 0.307 e. The van der Waals surface area contributed by atoms with Gasteiger partial charge in [-0.15, -0.1) is 0 Å². The Morgan fingerprint density at radius 1 is 1.50 bits per heavy atom. The molecule has 0 fully saturated rings. The van der Waals surface area contributed by atoms with Crippen LogP contribution in [0.3, 0.4) is 0 Å². The molecule has 0 aliphatic carbocycles. The number of carboxylic acids is 1. The number of benzene rings is 1. The molecule has 82 valence electrons. The van der Waals surface area contributed by atoms with Gasteiger partial charge in [-0.2, -0.15) is 5.10 Å². The number of halogens is 1. The average Bonchev–Trinajstić information content (AvgIpc) is 2.69. The molecule has 16 heavy (non-hydrogen) atoms. The Bertz CT molecular complexity index is 509. The molecule has 0 aliphatic rings. The summed E-state index contributed by atoms with van der Waals surface area (Å²) in [4.78, 5) is 10.6. The highest BCUT2D eigenvalue weighted by molar-refractivity contribution is 9.10. The van der Waals surface area contributed by atoms with Gasteiger partial charge in [-0.05, 0) is 39.7 Å². The van der Waals surface area contributed by atoms with E-state index in [1.807, 2.05) is 18.3 Å². The van der Waals surface area contributed by atoms with E-state index in [-0.39, 0.29) is 6.42 Å². The summed E-state index contributed by atoms with van der Waals surface area (Å²) < 4.78 is 2.55. The molecule has 0 atom stereocenters. The molecule has 2 rings (SSSR count). The van der Waals surface area contributed by atoms with Gasteiger partial charge in [0.2, 0.25) is 0 Å². The molecule has 0 amide bonds. The number of rotatable bonds is 3. The Morgan fingerprint density at radius 3 is 2.88 bits per heavy atom. The van der Waals surface area contributed by atoms with Crippen LogP contribution in [0.1, 0.15) is 5.56 Å². The maximum absolute atomic E-state index is 10.6. The van der Waals surface area contributed by atoms with E-state index in [1.165, 1.54) is 0 Å². The highest BCUT2D eigenvalue weighted by Gasteiger charge is 2.06. The molecule has 0 radical (unpaired) electrons. The van der Waals surface area contributed by atoms with Crippen molar-refractivity contribution in [1.29, 1.82) is 0 Å². The van der Waals surface area contributed by atoms with Crippen molar-refractivity contribution >= 4 is 21.9 Å². The van der Waals surface area contributed by atoms with E-state index < -0.39 is 5.97 Å². The molecule has 0 spiro atoms. The average molecular weight is 281 g/mol. The third-order valence-electron chi connectivity index (χ3n) is 2.12. The minimum absolute atomic E-state index is 0.0258. The topological polar surface area (TPSA) is 55.1 Å². The van der Waals surface area contributed by atoms with Gasteiger partial charge in [0.05, 0.1) is 12.1 Å². The fourth-order valence-electron chi connectivity index (χ4n) is 1.43. The Kier molecular flexibility index (Phi) is 3.05. The van der Waals surface area contributed by atoms with Gasteiger partial charge >= 0.3 is 5.97 Å². The first kappa shape index (κ1) is 10.9. The standard InChI is InChI=1S/C11H9BrN2O2/c12-9-6-8(7-11(15)16)2-3-10(9)14-5-1-4-13-14/h1-6H,7H2,(H,15,16). The predicted molar refractivity (Wildman–Crippen MR) is 62.6 cm³/mol. The van der Waals surface area contributed by atoms with Crippen molar-refractivity contribution in [3.05, 3.63) is 46.7 Å². The number of hydrogen-bond acceptors (Lipinski definition) is 2. The van der Waals surface area contributed by atoms with Crippen molar-refractivity contribution in [1.82, 2.24) is 9.78 Å². The molecule has 0 saturated heterocycles. The lowest BCUT2D eigenvalue weighted by molar-refractivity contribution is -0.136. The zero-order valence-electron chi connectivity index (χ0n) is 8.30. The van der Waals surface area contributed by atoms with E-state index >= 15 is 0 Å². The first-order valence-electron chi connectivity index (χ1n) is 4.67. The Morgan fingerprint density at radius 2 is 2.31 bits per heavy atom. The fraction of sp³-hybridized carbons (Fsp3) is 0.0909. The van der Waals surface area contributed by atoms with Gasteiger partial charge in [0.25, 0.3) is 0 Å². The van der Waals surface area contributed by atoms with Crippen LogP contribution in [0.4, 0.5) is 0 Å². The van der Waals surface area contributed by atoms with Crippen LogP contribution in [0.15, 0.2) is 41.1 Å². The van der Waals surface area contributed by atoms with Gasteiger partial charge in [0.15, 0.2) is 0 Å². The zero-order chi connectivity index (χ0) is 11.5. The molecule has 4 nitrogen and oxygen atoms in total. The number of carboxylic acid groups (broad SMARTS) is 1. The highest BCUT2D eigenvalue weighted by Crippen LogP contribution is 2.22. The van der Waals surface area contributed by atoms with Crippen molar-refractivity contribution in [3.63, 3.8) is 0 Å². The van der Waals surface area contributed by atoms with Crippen molar-refractivity contribution < 1.29 is 9.90 Å². The quantitative estimate of drug-likeness (QED) is 0.938.